The average molecular weight is 508 g/mol. The van der Waals surface area contributed by atoms with Crippen LogP contribution < -0.4 is 16.0 Å². The Bertz CT molecular complexity index is 1370. The Morgan fingerprint density at radius 2 is 1.22 bits per heavy atom. The van der Waals surface area contributed by atoms with Crippen LogP contribution in [0.2, 0.25) is 0 Å². The summed E-state index contributed by atoms with van der Waals surface area (Å²) < 4.78 is 0. The Labute approximate surface area is 219 Å². The summed E-state index contributed by atoms with van der Waals surface area (Å²) in [4.78, 5) is 38.9. The fourth-order valence-corrected chi connectivity index (χ4v) is 4.06. The number of benzene rings is 4. The first-order valence-corrected chi connectivity index (χ1v) is 12.6. The molecule has 0 aliphatic rings. The minimum Gasteiger partial charge on any atom is -0.325 e. The minimum absolute atomic E-state index is 0.0987. The average Bonchev–Trinajstić information content (AvgIpc) is 2.94. The molecule has 0 heterocycles. The van der Waals surface area contributed by atoms with Gasteiger partial charge in [0.05, 0.1) is 5.75 Å². The van der Waals surface area contributed by atoms with Crippen molar-refractivity contribution in [1.29, 1.82) is 0 Å². The van der Waals surface area contributed by atoms with Gasteiger partial charge in [0, 0.05) is 21.8 Å². The molecule has 0 unspecified atom stereocenters. The van der Waals surface area contributed by atoms with Gasteiger partial charge in [0.15, 0.2) is 0 Å². The van der Waals surface area contributed by atoms with Crippen molar-refractivity contribution in [3.8, 4) is 0 Å². The van der Waals surface area contributed by atoms with Gasteiger partial charge in [0.25, 0.3) is 11.8 Å². The Morgan fingerprint density at radius 3 is 1.86 bits per heavy atom. The van der Waals surface area contributed by atoms with Crippen molar-refractivity contribution in [3.05, 3.63) is 132 Å². The number of thioether (sulfide) groups is 1. The highest BCUT2D eigenvalue weighted by Crippen LogP contribution is 2.21. The SMILES string of the molecule is O=C(CSc1ccc(NC(=O)/C(=C/c2ccccc2)NC(=O)c2ccccc2)cc1)Nc1ccccc1. The summed E-state index contributed by atoms with van der Waals surface area (Å²) in [6.45, 7) is 0. The van der Waals surface area contributed by atoms with Gasteiger partial charge in [-0.25, -0.2) is 0 Å². The van der Waals surface area contributed by atoms with E-state index in [9.17, 15) is 14.4 Å². The zero-order chi connectivity index (χ0) is 25.9. The summed E-state index contributed by atoms with van der Waals surface area (Å²) in [7, 11) is 0. The van der Waals surface area contributed by atoms with E-state index in [1.807, 2.05) is 78.9 Å². The summed E-state index contributed by atoms with van der Waals surface area (Å²) in [6, 6.07) is 34.5. The molecule has 4 aromatic rings. The molecule has 7 heteroatoms. The third kappa shape index (κ3) is 7.95. The van der Waals surface area contributed by atoms with Crippen molar-refractivity contribution in [2.45, 2.75) is 4.90 Å². The third-order valence-corrected chi connectivity index (χ3v) is 6.19. The van der Waals surface area contributed by atoms with Crippen LogP contribution in [0.3, 0.4) is 0 Å². The minimum atomic E-state index is -0.448. The van der Waals surface area contributed by atoms with E-state index in [0.717, 1.165) is 16.1 Å². The lowest BCUT2D eigenvalue weighted by Gasteiger charge is -2.12. The van der Waals surface area contributed by atoms with Crippen molar-refractivity contribution in [1.82, 2.24) is 5.32 Å². The van der Waals surface area contributed by atoms with Gasteiger partial charge in [-0.2, -0.15) is 0 Å². The summed E-state index contributed by atoms with van der Waals surface area (Å²) in [5, 5.41) is 8.41. The highest BCUT2D eigenvalue weighted by Gasteiger charge is 2.15. The smallest absolute Gasteiger partial charge is 0.272 e. The van der Waals surface area contributed by atoms with E-state index in [4.69, 9.17) is 0 Å². The second-order valence-corrected chi connectivity index (χ2v) is 9.02. The lowest BCUT2D eigenvalue weighted by molar-refractivity contribution is -0.114. The van der Waals surface area contributed by atoms with Gasteiger partial charge in [-0.1, -0.05) is 66.7 Å². The second kappa shape index (κ2) is 12.9. The van der Waals surface area contributed by atoms with Gasteiger partial charge in [0.2, 0.25) is 5.91 Å². The van der Waals surface area contributed by atoms with E-state index in [-0.39, 0.29) is 23.3 Å². The molecule has 0 saturated carbocycles. The van der Waals surface area contributed by atoms with Gasteiger partial charge < -0.3 is 16.0 Å². The first kappa shape index (κ1) is 25.5. The molecule has 3 N–H and O–H groups in total. The maximum atomic E-state index is 13.1. The molecule has 0 aliphatic carbocycles. The molecule has 37 heavy (non-hydrogen) atoms. The topological polar surface area (TPSA) is 87.3 Å². The van der Waals surface area contributed by atoms with Gasteiger partial charge in [-0.05, 0) is 60.2 Å². The molecule has 0 fully saturated rings. The van der Waals surface area contributed by atoms with E-state index >= 15 is 0 Å². The van der Waals surface area contributed by atoms with Gasteiger partial charge in [-0.15, -0.1) is 11.8 Å². The lowest BCUT2D eigenvalue weighted by atomic mass is 10.1. The summed E-state index contributed by atoms with van der Waals surface area (Å²) >= 11 is 1.40. The zero-order valence-electron chi connectivity index (χ0n) is 19.9. The summed E-state index contributed by atoms with van der Waals surface area (Å²) in [5.74, 6) is -0.663. The quantitative estimate of drug-likeness (QED) is 0.197. The van der Waals surface area contributed by atoms with Crippen molar-refractivity contribution in [2.75, 3.05) is 16.4 Å². The van der Waals surface area contributed by atoms with E-state index < -0.39 is 5.91 Å². The Morgan fingerprint density at radius 1 is 0.649 bits per heavy atom. The largest absolute Gasteiger partial charge is 0.325 e. The zero-order valence-corrected chi connectivity index (χ0v) is 20.7. The Balaban J connectivity index is 1.39. The maximum absolute atomic E-state index is 13.1. The third-order valence-electron chi connectivity index (χ3n) is 5.18. The van der Waals surface area contributed by atoms with Crippen LogP contribution in [0.25, 0.3) is 6.08 Å². The maximum Gasteiger partial charge on any atom is 0.272 e. The number of nitrogens with one attached hydrogen (secondary N) is 3. The molecule has 6 nitrogen and oxygen atoms in total. The van der Waals surface area contributed by atoms with Gasteiger partial charge in [0.1, 0.15) is 5.70 Å². The highest BCUT2D eigenvalue weighted by atomic mass is 32.2. The number of carbonyl (C=O) groups excluding carboxylic acids is 3. The van der Waals surface area contributed by atoms with E-state index in [1.54, 1.807) is 42.5 Å². The number of rotatable bonds is 9. The van der Waals surface area contributed by atoms with E-state index in [0.29, 0.717) is 11.3 Å². The van der Waals surface area contributed by atoms with Crippen LogP contribution in [0.15, 0.2) is 126 Å². The molecule has 0 aliphatic heterocycles. The fraction of sp³-hybridized carbons (Fsp3) is 0.0333. The number of carbonyl (C=O) groups is 3. The van der Waals surface area contributed by atoms with Crippen LogP contribution in [-0.2, 0) is 9.59 Å². The molecule has 0 atom stereocenters. The van der Waals surface area contributed by atoms with Crippen LogP contribution in [0.4, 0.5) is 11.4 Å². The molecule has 4 rings (SSSR count). The highest BCUT2D eigenvalue weighted by molar-refractivity contribution is 8.00. The normalized spacial score (nSPS) is 10.9. The van der Waals surface area contributed by atoms with Crippen molar-refractivity contribution in [3.63, 3.8) is 0 Å². The number of hydrogen-bond donors (Lipinski definition) is 3. The second-order valence-electron chi connectivity index (χ2n) is 7.97. The van der Waals surface area contributed by atoms with Crippen LogP contribution in [0.1, 0.15) is 15.9 Å². The first-order chi connectivity index (χ1) is 18.1. The summed E-state index contributed by atoms with van der Waals surface area (Å²) in [5.41, 5.74) is 2.67. The predicted molar refractivity (Wildman–Crippen MR) is 149 cm³/mol. The molecule has 3 amide bonds. The molecule has 184 valence electrons. The number of amides is 3. The number of hydrogen-bond acceptors (Lipinski definition) is 4. The predicted octanol–water partition coefficient (Wildman–Crippen LogP) is 5.83. The summed E-state index contributed by atoms with van der Waals surface area (Å²) in [6.07, 6.45) is 1.63. The van der Waals surface area contributed by atoms with Crippen molar-refractivity contribution in [2.24, 2.45) is 0 Å². The molecule has 4 aromatic carbocycles. The van der Waals surface area contributed by atoms with Crippen molar-refractivity contribution >= 4 is 46.9 Å². The standard InChI is InChI=1S/C30H25N3O3S/c34-28(31-24-14-8-3-9-15-24)21-37-26-18-16-25(17-19-26)32-30(36)27(20-22-10-4-1-5-11-22)33-29(35)23-12-6-2-7-13-23/h1-20H,21H2,(H,31,34)(H,32,36)(H,33,35)/b27-20-. The van der Waals surface area contributed by atoms with Crippen LogP contribution in [0.5, 0.6) is 0 Å². The van der Waals surface area contributed by atoms with Gasteiger partial charge >= 0.3 is 0 Å². The molecule has 0 saturated heterocycles. The molecule has 0 bridgehead atoms. The lowest BCUT2D eigenvalue weighted by Crippen LogP contribution is -2.30. The first-order valence-electron chi connectivity index (χ1n) is 11.6. The van der Waals surface area contributed by atoms with Crippen molar-refractivity contribution < 1.29 is 14.4 Å². The monoisotopic (exact) mass is 507 g/mol. The molecule has 0 radical (unpaired) electrons. The Kier molecular flexibility index (Phi) is 8.88. The van der Waals surface area contributed by atoms with Gasteiger partial charge in [-0.3, -0.25) is 14.4 Å². The number of para-hydroxylation sites is 1. The molecule has 0 aromatic heterocycles. The fourth-order valence-electron chi connectivity index (χ4n) is 3.36. The molecule has 0 spiro atoms. The van der Waals surface area contributed by atoms with Crippen LogP contribution in [0, 0.1) is 0 Å². The number of anilines is 2. The van der Waals surface area contributed by atoms with Crippen LogP contribution >= 0.6 is 11.8 Å². The molecular formula is C30H25N3O3S. The Hall–Kier alpha value is -4.62. The molecular weight excluding hydrogens is 482 g/mol. The van der Waals surface area contributed by atoms with Crippen LogP contribution in [-0.4, -0.2) is 23.5 Å². The van der Waals surface area contributed by atoms with E-state index in [1.165, 1.54) is 11.8 Å². The van der Waals surface area contributed by atoms with E-state index in [2.05, 4.69) is 16.0 Å².